The first-order chi connectivity index (χ1) is 15.7. The maximum absolute atomic E-state index is 12.8. The summed E-state index contributed by atoms with van der Waals surface area (Å²) in [6.07, 6.45) is 7.63. The molecule has 1 fully saturated rings. The Balaban J connectivity index is 1.54. The Hall–Kier alpha value is -2.26. The van der Waals surface area contributed by atoms with E-state index in [-0.39, 0.29) is 24.0 Å². The van der Waals surface area contributed by atoms with Crippen LogP contribution in [0.15, 0.2) is 29.6 Å². The van der Waals surface area contributed by atoms with Crippen LogP contribution in [0.2, 0.25) is 0 Å². The standard InChI is InChI=1S/C22H30N3O6PS/c1-15(26)24-20(12-17-7-9-19(10-8-17)31-32(28,29)30)22(27)23-13-21-25-18(14-33-21)11-16-5-3-2-4-6-16/h7-10,14,16,20H,2-6,11-13H2,1H3,(H,23,27)(H,24,26)(H2,28,29,30)/t20-/m0/s1. The molecule has 0 aliphatic heterocycles. The first kappa shape index (κ1) is 25.4. The molecular weight excluding hydrogens is 465 g/mol. The number of carbonyl (C=O) groups is 2. The molecule has 1 aliphatic rings. The molecule has 0 bridgehead atoms. The van der Waals surface area contributed by atoms with E-state index in [1.807, 2.05) is 0 Å². The molecule has 11 heteroatoms. The number of thiazole rings is 1. The second-order valence-electron chi connectivity index (χ2n) is 8.34. The molecule has 180 valence electrons. The topological polar surface area (TPSA) is 138 Å². The van der Waals surface area contributed by atoms with Gasteiger partial charge in [-0.1, -0.05) is 44.2 Å². The van der Waals surface area contributed by atoms with E-state index in [2.05, 4.69) is 25.5 Å². The van der Waals surface area contributed by atoms with Gasteiger partial charge in [0.15, 0.2) is 0 Å². The summed E-state index contributed by atoms with van der Waals surface area (Å²) in [5, 5.41) is 8.39. The molecule has 1 aliphatic carbocycles. The zero-order valence-corrected chi connectivity index (χ0v) is 20.2. The maximum atomic E-state index is 12.8. The molecule has 1 aromatic heterocycles. The van der Waals surface area contributed by atoms with Gasteiger partial charge in [-0.05, 0) is 30.0 Å². The second kappa shape index (κ2) is 11.7. The van der Waals surface area contributed by atoms with Gasteiger partial charge in [-0.2, -0.15) is 0 Å². The van der Waals surface area contributed by atoms with Gasteiger partial charge in [-0.25, -0.2) is 9.55 Å². The zero-order chi connectivity index (χ0) is 23.8. The Labute approximate surface area is 197 Å². The summed E-state index contributed by atoms with van der Waals surface area (Å²) in [6, 6.07) is 5.19. The molecule has 1 atom stereocenters. The number of aromatic nitrogens is 1. The summed E-state index contributed by atoms with van der Waals surface area (Å²) in [4.78, 5) is 46.8. The molecule has 4 N–H and O–H groups in total. The monoisotopic (exact) mass is 495 g/mol. The predicted octanol–water partition coefficient (Wildman–Crippen LogP) is 3.10. The maximum Gasteiger partial charge on any atom is 0.524 e. The summed E-state index contributed by atoms with van der Waals surface area (Å²) in [5.41, 5.74) is 1.78. The predicted molar refractivity (Wildman–Crippen MR) is 125 cm³/mol. The van der Waals surface area contributed by atoms with Crippen molar-refractivity contribution in [2.45, 2.75) is 64.5 Å². The van der Waals surface area contributed by atoms with Crippen molar-refractivity contribution < 1.29 is 28.5 Å². The second-order valence-corrected chi connectivity index (χ2v) is 10.4. The number of hydrogen-bond acceptors (Lipinski definition) is 6. The van der Waals surface area contributed by atoms with Gasteiger partial charge >= 0.3 is 7.82 Å². The van der Waals surface area contributed by atoms with Crippen molar-refractivity contribution in [2.24, 2.45) is 5.92 Å². The SMILES string of the molecule is CC(=O)N[C@@H](Cc1ccc(OP(=O)(O)O)cc1)C(=O)NCc1nc(CC2CCCCC2)cs1. The van der Waals surface area contributed by atoms with Gasteiger partial charge in [0.2, 0.25) is 11.8 Å². The normalized spacial score (nSPS) is 15.6. The van der Waals surface area contributed by atoms with Crippen molar-refractivity contribution in [2.75, 3.05) is 0 Å². The van der Waals surface area contributed by atoms with Crippen molar-refractivity contribution in [1.29, 1.82) is 0 Å². The van der Waals surface area contributed by atoms with E-state index in [9.17, 15) is 14.2 Å². The summed E-state index contributed by atoms with van der Waals surface area (Å²) >= 11 is 1.52. The third-order valence-electron chi connectivity index (χ3n) is 5.52. The van der Waals surface area contributed by atoms with Gasteiger partial charge in [0.1, 0.15) is 16.8 Å². The van der Waals surface area contributed by atoms with E-state index >= 15 is 0 Å². The Kier molecular flexibility index (Phi) is 9.02. The lowest BCUT2D eigenvalue weighted by Gasteiger charge is -2.20. The number of phosphoric acid groups is 1. The van der Waals surface area contributed by atoms with Gasteiger partial charge < -0.3 is 15.2 Å². The van der Waals surface area contributed by atoms with E-state index in [1.54, 1.807) is 12.1 Å². The molecule has 0 radical (unpaired) electrons. The van der Waals surface area contributed by atoms with Crippen LogP contribution in [-0.4, -0.2) is 32.6 Å². The summed E-state index contributed by atoms with van der Waals surface area (Å²) < 4.78 is 15.5. The molecule has 2 aromatic rings. The quantitative estimate of drug-likeness (QED) is 0.372. The first-order valence-corrected chi connectivity index (χ1v) is 13.4. The molecule has 1 saturated carbocycles. The number of hydrogen-bond donors (Lipinski definition) is 4. The third kappa shape index (κ3) is 8.89. The van der Waals surface area contributed by atoms with E-state index in [1.165, 1.54) is 62.5 Å². The van der Waals surface area contributed by atoms with Crippen molar-refractivity contribution in [3.8, 4) is 5.75 Å². The molecule has 3 rings (SSSR count). The Morgan fingerprint density at radius 3 is 2.55 bits per heavy atom. The summed E-state index contributed by atoms with van der Waals surface area (Å²) in [5.74, 6) is 0.0525. The minimum absolute atomic E-state index is 0.0143. The van der Waals surface area contributed by atoms with E-state index in [0.717, 1.165) is 17.1 Å². The average molecular weight is 496 g/mol. The number of carbonyl (C=O) groups excluding carboxylic acids is 2. The van der Waals surface area contributed by atoms with Crippen LogP contribution in [0, 0.1) is 5.92 Å². The van der Waals surface area contributed by atoms with Gasteiger partial charge in [0, 0.05) is 18.7 Å². The van der Waals surface area contributed by atoms with Crippen LogP contribution in [0.3, 0.4) is 0 Å². The number of benzene rings is 1. The fourth-order valence-corrected chi connectivity index (χ4v) is 5.15. The van der Waals surface area contributed by atoms with Crippen molar-refractivity contribution in [3.05, 3.63) is 45.9 Å². The van der Waals surface area contributed by atoms with Crippen molar-refractivity contribution in [1.82, 2.24) is 15.6 Å². The molecule has 0 unspecified atom stereocenters. The largest absolute Gasteiger partial charge is 0.524 e. The van der Waals surface area contributed by atoms with Gasteiger partial charge in [0.25, 0.3) is 0 Å². The van der Waals surface area contributed by atoms with Crippen LogP contribution in [0.25, 0.3) is 0 Å². The smallest absolute Gasteiger partial charge is 0.404 e. The van der Waals surface area contributed by atoms with Crippen LogP contribution in [0.4, 0.5) is 0 Å². The molecule has 1 heterocycles. The molecule has 1 aromatic carbocycles. The van der Waals surface area contributed by atoms with Gasteiger partial charge in [-0.15, -0.1) is 11.3 Å². The minimum atomic E-state index is -4.64. The lowest BCUT2D eigenvalue weighted by Crippen LogP contribution is -2.47. The molecule has 2 amide bonds. The molecule has 33 heavy (non-hydrogen) atoms. The molecule has 0 saturated heterocycles. The number of phosphoric ester groups is 1. The highest BCUT2D eigenvalue weighted by molar-refractivity contribution is 7.46. The van der Waals surface area contributed by atoms with E-state index in [0.29, 0.717) is 18.0 Å². The van der Waals surface area contributed by atoms with Crippen LogP contribution in [0.1, 0.15) is 55.3 Å². The minimum Gasteiger partial charge on any atom is -0.404 e. The molecule has 0 spiro atoms. The fourth-order valence-electron chi connectivity index (χ4n) is 4.01. The van der Waals surface area contributed by atoms with Gasteiger partial charge in [0.05, 0.1) is 12.2 Å². The van der Waals surface area contributed by atoms with Crippen molar-refractivity contribution in [3.63, 3.8) is 0 Å². The highest BCUT2D eigenvalue weighted by Gasteiger charge is 2.21. The highest BCUT2D eigenvalue weighted by Crippen LogP contribution is 2.37. The van der Waals surface area contributed by atoms with Crippen molar-refractivity contribution >= 4 is 31.0 Å². The Morgan fingerprint density at radius 1 is 1.21 bits per heavy atom. The average Bonchev–Trinajstić information content (AvgIpc) is 3.19. The number of amides is 2. The van der Waals surface area contributed by atoms with Gasteiger partial charge in [-0.3, -0.25) is 19.4 Å². The number of nitrogens with zero attached hydrogens (tertiary/aromatic N) is 1. The number of nitrogens with one attached hydrogen (secondary N) is 2. The highest BCUT2D eigenvalue weighted by atomic mass is 32.1. The van der Waals surface area contributed by atoms with Crippen LogP contribution in [-0.2, 0) is 33.5 Å². The van der Waals surface area contributed by atoms with Crippen LogP contribution in [0.5, 0.6) is 5.75 Å². The summed E-state index contributed by atoms with van der Waals surface area (Å²) in [6.45, 7) is 1.63. The van der Waals surface area contributed by atoms with E-state index in [4.69, 9.17) is 9.79 Å². The molecular formula is C22H30N3O6PS. The Bertz CT molecular complexity index is 984. The lowest BCUT2D eigenvalue weighted by atomic mass is 9.86. The summed E-state index contributed by atoms with van der Waals surface area (Å²) in [7, 11) is -4.64. The molecule has 9 nitrogen and oxygen atoms in total. The number of rotatable bonds is 10. The first-order valence-electron chi connectivity index (χ1n) is 11.0. The van der Waals surface area contributed by atoms with Crippen LogP contribution >= 0.6 is 19.2 Å². The lowest BCUT2D eigenvalue weighted by molar-refractivity contribution is -0.128. The van der Waals surface area contributed by atoms with Crippen LogP contribution < -0.4 is 15.2 Å². The third-order valence-corrected chi connectivity index (χ3v) is 6.86. The fraction of sp³-hybridized carbons (Fsp3) is 0.500. The van der Waals surface area contributed by atoms with E-state index < -0.39 is 13.9 Å². The zero-order valence-electron chi connectivity index (χ0n) is 18.5. The Morgan fingerprint density at radius 2 is 1.91 bits per heavy atom.